The molecule has 0 aliphatic carbocycles. The lowest BCUT2D eigenvalue weighted by Crippen LogP contribution is -2.52. The third kappa shape index (κ3) is 2.76. The Balaban J connectivity index is 1.92. The molecule has 0 spiro atoms. The van der Waals surface area contributed by atoms with E-state index >= 15 is 0 Å². The first-order valence-corrected chi connectivity index (χ1v) is 6.71. The fourth-order valence-corrected chi connectivity index (χ4v) is 3.20. The summed E-state index contributed by atoms with van der Waals surface area (Å²) in [6, 6.07) is 1.12. The van der Waals surface area contributed by atoms with Crippen LogP contribution in [0.3, 0.4) is 0 Å². The molecule has 2 rings (SSSR count). The summed E-state index contributed by atoms with van der Waals surface area (Å²) in [7, 11) is 0. The standard InChI is InChI=1S/C13H26N2O/c1-9-8-15(5-4-13(9)14)12-6-10(2)16-11(3)7-12/h9-13H,4-8,14H2,1-3H3. The van der Waals surface area contributed by atoms with Crippen LogP contribution in [0.15, 0.2) is 0 Å². The van der Waals surface area contributed by atoms with Crippen molar-refractivity contribution in [3.63, 3.8) is 0 Å². The summed E-state index contributed by atoms with van der Waals surface area (Å²) in [5.74, 6) is 0.641. The smallest absolute Gasteiger partial charge is 0.0565 e. The van der Waals surface area contributed by atoms with Crippen molar-refractivity contribution in [2.24, 2.45) is 11.7 Å². The van der Waals surface area contributed by atoms with Gasteiger partial charge in [0.1, 0.15) is 0 Å². The fraction of sp³-hybridized carbons (Fsp3) is 1.00. The summed E-state index contributed by atoms with van der Waals surface area (Å²) < 4.78 is 5.80. The van der Waals surface area contributed by atoms with Crippen molar-refractivity contribution in [3.05, 3.63) is 0 Å². The molecule has 0 radical (unpaired) electrons. The lowest BCUT2D eigenvalue weighted by Gasteiger charge is -2.44. The molecule has 2 aliphatic rings. The molecule has 16 heavy (non-hydrogen) atoms. The van der Waals surface area contributed by atoms with Gasteiger partial charge in [-0.3, -0.25) is 4.90 Å². The number of rotatable bonds is 1. The summed E-state index contributed by atoms with van der Waals surface area (Å²) in [5.41, 5.74) is 6.07. The molecule has 2 aliphatic heterocycles. The molecule has 0 amide bonds. The third-order valence-corrected chi connectivity index (χ3v) is 4.19. The maximum atomic E-state index is 6.07. The van der Waals surface area contributed by atoms with Gasteiger partial charge in [-0.05, 0) is 45.6 Å². The monoisotopic (exact) mass is 226 g/mol. The van der Waals surface area contributed by atoms with E-state index in [1.165, 1.54) is 25.9 Å². The summed E-state index contributed by atoms with van der Waals surface area (Å²) >= 11 is 0. The number of likely N-dealkylation sites (tertiary alicyclic amines) is 1. The Labute approximate surface area is 99.3 Å². The predicted molar refractivity (Wildman–Crippen MR) is 66.4 cm³/mol. The molecule has 0 bridgehead atoms. The Hall–Kier alpha value is -0.120. The molecular formula is C13H26N2O. The molecule has 3 nitrogen and oxygen atoms in total. The average molecular weight is 226 g/mol. The number of piperidine rings is 1. The Kier molecular flexibility index (Phi) is 3.88. The van der Waals surface area contributed by atoms with Crippen LogP contribution in [0.25, 0.3) is 0 Å². The second-order valence-corrected chi connectivity index (χ2v) is 5.81. The predicted octanol–water partition coefficient (Wildman–Crippen LogP) is 1.61. The average Bonchev–Trinajstić information content (AvgIpc) is 2.20. The lowest BCUT2D eigenvalue weighted by molar-refractivity contribution is -0.0712. The van der Waals surface area contributed by atoms with Gasteiger partial charge in [-0.1, -0.05) is 6.92 Å². The van der Waals surface area contributed by atoms with Gasteiger partial charge in [0.15, 0.2) is 0 Å². The van der Waals surface area contributed by atoms with E-state index in [1.807, 2.05) is 0 Å². The molecule has 3 heteroatoms. The minimum atomic E-state index is 0.408. The SMILES string of the molecule is CC1CC(N2CCC(N)C(C)C2)CC(C)O1. The van der Waals surface area contributed by atoms with E-state index in [0.717, 1.165) is 6.42 Å². The number of nitrogens with zero attached hydrogens (tertiary/aromatic N) is 1. The number of hydrogen-bond acceptors (Lipinski definition) is 3. The zero-order valence-corrected chi connectivity index (χ0v) is 10.9. The zero-order chi connectivity index (χ0) is 11.7. The van der Waals surface area contributed by atoms with Crippen LogP contribution in [-0.2, 0) is 4.74 Å². The zero-order valence-electron chi connectivity index (χ0n) is 10.9. The molecule has 4 unspecified atom stereocenters. The molecule has 0 aromatic heterocycles. The molecule has 4 atom stereocenters. The van der Waals surface area contributed by atoms with Gasteiger partial charge in [0.05, 0.1) is 12.2 Å². The summed E-state index contributed by atoms with van der Waals surface area (Å²) in [6.45, 7) is 9.02. The Morgan fingerprint density at radius 3 is 2.31 bits per heavy atom. The quantitative estimate of drug-likeness (QED) is 0.738. The van der Waals surface area contributed by atoms with E-state index in [4.69, 9.17) is 10.5 Å². The van der Waals surface area contributed by atoms with Crippen molar-refractivity contribution in [2.45, 2.75) is 64.3 Å². The van der Waals surface area contributed by atoms with Crippen LogP contribution in [0.4, 0.5) is 0 Å². The van der Waals surface area contributed by atoms with Crippen molar-refractivity contribution < 1.29 is 4.74 Å². The van der Waals surface area contributed by atoms with Crippen LogP contribution in [-0.4, -0.2) is 42.3 Å². The second kappa shape index (κ2) is 5.03. The molecule has 2 saturated heterocycles. The molecule has 0 aromatic carbocycles. The Morgan fingerprint density at radius 1 is 1.12 bits per heavy atom. The summed E-state index contributed by atoms with van der Waals surface area (Å²) in [4.78, 5) is 2.64. The molecule has 2 N–H and O–H groups in total. The number of hydrogen-bond donors (Lipinski definition) is 1. The van der Waals surface area contributed by atoms with Gasteiger partial charge in [0, 0.05) is 18.6 Å². The van der Waals surface area contributed by atoms with Crippen LogP contribution in [0.2, 0.25) is 0 Å². The van der Waals surface area contributed by atoms with E-state index < -0.39 is 0 Å². The highest BCUT2D eigenvalue weighted by Crippen LogP contribution is 2.27. The number of ether oxygens (including phenoxy) is 1. The summed E-state index contributed by atoms with van der Waals surface area (Å²) in [5, 5.41) is 0. The molecule has 2 fully saturated rings. The first-order chi connectivity index (χ1) is 7.56. The summed E-state index contributed by atoms with van der Waals surface area (Å²) in [6.07, 6.45) is 4.36. The molecule has 94 valence electrons. The highest BCUT2D eigenvalue weighted by molar-refractivity contribution is 4.87. The second-order valence-electron chi connectivity index (χ2n) is 5.81. The largest absolute Gasteiger partial charge is 0.375 e. The van der Waals surface area contributed by atoms with Crippen LogP contribution in [0, 0.1) is 5.92 Å². The van der Waals surface area contributed by atoms with Crippen LogP contribution >= 0.6 is 0 Å². The van der Waals surface area contributed by atoms with Crippen LogP contribution in [0.1, 0.15) is 40.0 Å². The molecular weight excluding hydrogens is 200 g/mol. The first kappa shape index (κ1) is 12.3. The highest BCUT2D eigenvalue weighted by atomic mass is 16.5. The maximum Gasteiger partial charge on any atom is 0.0565 e. The van der Waals surface area contributed by atoms with E-state index in [9.17, 15) is 0 Å². The van der Waals surface area contributed by atoms with Gasteiger partial charge in [0.25, 0.3) is 0 Å². The minimum absolute atomic E-state index is 0.408. The highest BCUT2D eigenvalue weighted by Gasteiger charge is 2.32. The molecule has 2 heterocycles. The Morgan fingerprint density at radius 2 is 1.75 bits per heavy atom. The van der Waals surface area contributed by atoms with Crippen molar-refractivity contribution in [1.29, 1.82) is 0 Å². The van der Waals surface area contributed by atoms with E-state index in [1.54, 1.807) is 0 Å². The topological polar surface area (TPSA) is 38.5 Å². The maximum absolute atomic E-state index is 6.07. The lowest BCUT2D eigenvalue weighted by atomic mass is 9.90. The van der Waals surface area contributed by atoms with Crippen molar-refractivity contribution >= 4 is 0 Å². The van der Waals surface area contributed by atoms with E-state index in [0.29, 0.717) is 30.2 Å². The normalized spacial score (nSPS) is 46.9. The van der Waals surface area contributed by atoms with Gasteiger partial charge in [-0.2, -0.15) is 0 Å². The van der Waals surface area contributed by atoms with Gasteiger partial charge >= 0.3 is 0 Å². The van der Waals surface area contributed by atoms with E-state index in [-0.39, 0.29) is 0 Å². The van der Waals surface area contributed by atoms with Gasteiger partial charge in [0.2, 0.25) is 0 Å². The van der Waals surface area contributed by atoms with Crippen molar-refractivity contribution in [1.82, 2.24) is 4.90 Å². The molecule has 0 aromatic rings. The third-order valence-electron chi connectivity index (χ3n) is 4.19. The van der Waals surface area contributed by atoms with Crippen molar-refractivity contribution in [2.75, 3.05) is 13.1 Å². The first-order valence-electron chi connectivity index (χ1n) is 6.71. The van der Waals surface area contributed by atoms with Gasteiger partial charge in [-0.15, -0.1) is 0 Å². The Bertz CT molecular complexity index is 224. The molecule has 0 saturated carbocycles. The van der Waals surface area contributed by atoms with Crippen LogP contribution < -0.4 is 5.73 Å². The van der Waals surface area contributed by atoms with E-state index in [2.05, 4.69) is 25.7 Å². The van der Waals surface area contributed by atoms with Gasteiger partial charge < -0.3 is 10.5 Å². The van der Waals surface area contributed by atoms with Crippen LogP contribution in [0.5, 0.6) is 0 Å². The van der Waals surface area contributed by atoms with Crippen molar-refractivity contribution in [3.8, 4) is 0 Å². The minimum Gasteiger partial charge on any atom is -0.375 e. The number of nitrogens with two attached hydrogens (primary N) is 1. The fourth-order valence-electron chi connectivity index (χ4n) is 3.20. The van der Waals surface area contributed by atoms with Gasteiger partial charge in [-0.25, -0.2) is 0 Å².